The van der Waals surface area contributed by atoms with Crippen LogP contribution >= 0.6 is 15.9 Å². The van der Waals surface area contributed by atoms with E-state index in [9.17, 15) is 13.6 Å². The molecule has 0 radical (unpaired) electrons. The molecule has 0 aliphatic rings. The average molecular weight is 431 g/mol. The molecule has 8 heteroatoms. The van der Waals surface area contributed by atoms with Gasteiger partial charge in [-0.25, -0.2) is 18.3 Å². The Kier molecular flexibility index (Phi) is 6.05. The molecule has 0 aliphatic carbocycles. The Morgan fingerprint density at radius 3 is 2.54 bits per heavy atom. The quantitative estimate of drug-likeness (QED) is 0.577. The maximum absolute atomic E-state index is 13.5. The second-order valence-electron chi connectivity index (χ2n) is 6.64. The number of aromatic nitrogens is 2. The molecule has 1 aromatic heterocycles. The molecule has 0 saturated heterocycles. The van der Waals surface area contributed by atoms with E-state index in [1.165, 1.54) is 16.8 Å². The van der Waals surface area contributed by atoms with E-state index >= 15 is 0 Å². The lowest BCUT2D eigenvalue weighted by molar-refractivity contribution is 0.0517. The summed E-state index contributed by atoms with van der Waals surface area (Å²) in [6.07, 6.45) is -2.73. The van der Waals surface area contributed by atoms with Gasteiger partial charge < -0.3 is 9.47 Å². The number of rotatable bonds is 5. The number of benzene rings is 1. The van der Waals surface area contributed by atoms with Crippen molar-refractivity contribution >= 4 is 21.9 Å². The molecule has 26 heavy (non-hydrogen) atoms. The van der Waals surface area contributed by atoms with Gasteiger partial charge in [-0.2, -0.15) is 5.10 Å². The highest BCUT2D eigenvalue weighted by Gasteiger charge is 2.29. The number of hydrogen-bond acceptors (Lipinski definition) is 4. The number of halogens is 3. The fraction of sp³-hybridized carbons (Fsp3) is 0.444. The third-order valence-electron chi connectivity index (χ3n) is 3.61. The first-order chi connectivity index (χ1) is 12.1. The van der Waals surface area contributed by atoms with E-state index in [4.69, 9.17) is 9.47 Å². The summed E-state index contributed by atoms with van der Waals surface area (Å²) < 4.78 is 39.5. The van der Waals surface area contributed by atoms with Gasteiger partial charge in [0, 0.05) is 10.0 Å². The lowest BCUT2D eigenvalue weighted by Gasteiger charge is -2.23. The molecule has 0 amide bonds. The van der Waals surface area contributed by atoms with E-state index in [2.05, 4.69) is 21.0 Å². The lowest BCUT2D eigenvalue weighted by atomic mass is 10.1. The fourth-order valence-electron chi connectivity index (χ4n) is 2.37. The van der Waals surface area contributed by atoms with Crippen molar-refractivity contribution in [3.8, 4) is 11.6 Å². The summed E-state index contributed by atoms with van der Waals surface area (Å²) in [7, 11) is 0. The number of hydrogen-bond donors (Lipinski definition) is 0. The first-order valence-electron chi connectivity index (χ1n) is 8.09. The number of esters is 1. The molecule has 0 saturated carbocycles. The molecule has 0 aliphatic heterocycles. The Morgan fingerprint density at radius 2 is 2.00 bits per heavy atom. The van der Waals surface area contributed by atoms with Crippen molar-refractivity contribution < 1.29 is 23.0 Å². The molecule has 142 valence electrons. The van der Waals surface area contributed by atoms with Crippen molar-refractivity contribution in [3.63, 3.8) is 0 Å². The minimum atomic E-state index is -2.73. The van der Waals surface area contributed by atoms with Crippen LogP contribution in [0.4, 0.5) is 8.78 Å². The van der Waals surface area contributed by atoms with Crippen molar-refractivity contribution in [2.45, 2.75) is 46.6 Å². The van der Waals surface area contributed by atoms with Gasteiger partial charge in [0.15, 0.2) is 5.69 Å². The van der Waals surface area contributed by atoms with Crippen molar-refractivity contribution in [2.75, 3.05) is 6.61 Å². The van der Waals surface area contributed by atoms with Gasteiger partial charge in [0.05, 0.1) is 17.7 Å². The Bertz CT molecular complexity index is 813. The summed E-state index contributed by atoms with van der Waals surface area (Å²) in [5.41, 5.74) is -0.267. The maximum atomic E-state index is 13.5. The van der Waals surface area contributed by atoms with Gasteiger partial charge in [-0.3, -0.25) is 0 Å². The van der Waals surface area contributed by atoms with Crippen molar-refractivity contribution in [1.82, 2.24) is 9.78 Å². The zero-order chi connectivity index (χ0) is 19.6. The molecule has 2 aromatic rings. The first kappa shape index (κ1) is 20.4. The zero-order valence-electron chi connectivity index (χ0n) is 15.3. The summed E-state index contributed by atoms with van der Waals surface area (Å²) in [5, 5.41) is 4.31. The number of carbonyl (C=O) groups is 1. The van der Waals surface area contributed by atoms with Gasteiger partial charge in [0.2, 0.25) is 5.88 Å². The monoisotopic (exact) mass is 430 g/mol. The van der Waals surface area contributed by atoms with Crippen molar-refractivity contribution in [1.29, 1.82) is 0 Å². The number of alkyl halides is 2. The second-order valence-corrected chi connectivity index (χ2v) is 7.49. The minimum Gasteiger partial charge on any atom is -0.461 e. The van der Waals surface area contributed by atoms with Crippen LogP contribution in [0.5, 0.6) is 11.6 Å². The normalized spacial score (nSPS) is 11.7. The SMILES string of the molecule is CCOC(=O)c1nn(C(C)(C)C)c(Oc2cccc(Br)c2C(F)F)c1C. The highest BCUT2D eigenvalue weighted by Crippen LogP contribution is 2.39. The average Bonchev–Trinajstić information content (AvgIpc) is 2.84. The highest BCUT2D eigenvalue weighted by molar-refractivity contribution is 9.10. The lowest BCUT2D eigenvalue weighted by Crippen LogP contribution is -2.24. The second kappa shape index (κ2) is 7.73. The number of nitrogens with zero attached hydrogens (tertiary/aromatic N) is 2. The van der Waals surface area contributed by atoms with Crippen LogP contribution in [0, 0.1) is 6.92 Å². The van der Waals surface area contributed by atoms with E-state index in [0.29, 0.717) is 5.56 Å². The van der Waals surface area contributed by atoms with Crippen LogP contribution in [0.1, 0.15) is 55.7 Å². The highest BCUT2D eigenvalue weighted by atomic mass is 79.9. The molecule has 0 fully saturated rings. The molecular formula is C18H21BrF2N2O3. The maximum Gasteiger partial charge on any atom is 0.359 e. The largest absolute Gasteiger partial charge is 0.461 e. The minimum absolute atomic E-state index is 0.00159. The summed E-state index contributed by atoms with van der Waals surface area (Å²) in [4.78, 5) is 12.2. The predicted octanol–water partition coefficient (Wildman–Crippen LogP) is 5.62. The fourth-order valence-corrected chi connectivity index (χ4v) is 2.89. The molecule has 0 unspecified atom stereocenters. The van der Waals surface area contributed by atoms with Gasteiger partial charge in [-0.15, -0.1) is 0 Å². The van der Waals surface area contributed by atoms with E-state index < -0.39 is 17.9 Å². The van der Waals surface area contributed by atoms with Crippen LogP contribution in [0.3, 0.4) is 0 Å². The first-order valence-corrected chi connectivity index (χ1v) is 8.88. The summed E-state index contributed by atoms with van der Waals surface area (Å²) in [6, 6.07) is 4.58. The molecule has 2 rings (SSSR count). The summed E-state index contributed by atoms with van der Waals surface area (Å²) in [6.45, 7) is 9.17. The molecule has 0 atom stereocenters. The Morgan fingerprint density at radius 1 is 1.35 bits per heavy atom. The zero-order valence-corrected chi connectivity index (χ0v) is 16.9. The van der Waals surface area contributed by atoms with Crippen LogP contribution < -0.4 is 4.74 Å². The van der Waals surface area contributed by atoms with Crippen LogP contribution in [-0.2, 0) is 10.3 Å². The van der Waals surface area contributed by atoms with Crippen molar-refractivity contribution in [3.05, 3.63) is 39.5 Å². The number of ether oxygens (including phenoxy) is 2. The summed E-state index contributed by atoms with van der Waals surface area (Å²) in [5.74, 6) is -0.361. The third-order valence-corrected chi connectivity index (χ3v) is 4.30. The summed E-state index contributed by atoms with van der Waals surface area (Å²) >= 11 is 3.13. The van der Waals surface area contributed by atoms with Crippen LogP contribution in [0.15, 0.2) is 22.7 Å². The van der Waals surface area contributed by atoms with E-state index in [1.54, 1.807) is 19.9 Å². The molecule has 1 heterocycles. The van der Waals surface area contributed by atoms with Gasteiger partial charge >= 0.3 is 5.97 Å². The Labute approximate surface area is 159 Å². The molecular weight excluding hydrogens is 410 g/mol. The van der Waals surface area contributed by atoms with Gasteiger partial charge in [-0.05, 0) is 46.8 Å². The molecule has 5 nitrogen and oxygen atoms in total. The molecule has 0 N–H and O–H groups in total. The standard InChI is InChI=1S/C18H21BrF2N2O3/c1-6-25-17(24)14-10(2)16(23(22-14)18(3,4)5)26-12-9-7-8-11(19)13(12)15(20)21/h7-9,15H,6H2,1-5H3. The Hall–Kier alpha value is -1.96. The molecule has 1 aromatic carbocycles. The van der Waals surface area contributed by atoms with Crippen LogP contribution in [0.2, 0.25) is 0 Å². The van der Waals surface area contributed by atoms with Crippen LogP contribution in [0.25, 0.3) is 0 Å². The topological polar surface area (TPSA) is 53.3 Å². The van der Waals surface area contributed by atoms with Gasteiger partial charge in [-0.1, -0.05) is 22.0 Å². The van der Waals surface area contributed by atoms with Gasteiger partial charge in [0.1, 0.15) is 5.75 Å². The third kappa shape index (κ3) is 4.06. The van der Waals surface area contributed by atoms with Crippen molar-refractivity contribution in [2.24, 2.45) is 0 Å². The molecule has 0 bridgehead atoms. The van der Waals surface area contributed by atoms with Gasteiger partial charge in [0.25, 0.3) is 6.43 Å². The van der Waals surface area contributed by atoms with Crippen LogP contribution in [-0.4, -0.2) is 22.4 Å². The smallest absolute Gasteiger partial charge is 0.359 e. The van der Waals surface area contributed by atoms with E-state index in [1.807, 2.05) is 20.8 Å². The molecule has 0 spiro atoms. The number of carbonyl (C=O) groups excluding carboxylic acids is 1. The predicted molar refractivity (Wildman–Crippen MR) is 97.1 cm³/mol. The van der Waals surface area contributed by atoms with E-state index in [-0.39, 0.29) is 34.0 Å². The Balaban J connectivity index is 2.60. The van der Waals surface area contributed by atoms with E-state index in [0.717, 1.165) is 0 Å².